The average molecular weight is 326 g/mol. The van der Waals surface area contributed by atoms with Gasteiger partial charge in [0.05, 0.1) is 0 Å². The lowest BCUT2D eigenvalue weighted by atomic mass is 10.1. The molecule has 0 spiro atoms. The smallest absolute Gasteiger partial charge is 0.320 e. The van der Waals surface area contributed by atoms with E-state index in [2.05, 4.69) is 32.3 Å². The fourth-order valence-corrected chi connectivity index (χ4v) is 3.18. The van der Waals surface area contributed by atoms with Crippen molar-refractivity contribution in [3.05, 3.63) is 47.7 Å². The van der Waals surface area contributed by atoms with Crippen LogP contribution in [0.2, 0.25) is 0 Å². The molecule has 124 valence electrons. The summed E-state index contributed by atoms with van der Waals surface area (Å²) in [7, 11) is 0. The van der Waals surface area contributed by atoms with Gasteiger partial charge in [0.1, 0.15) is 12.1 Å². The summed E-state index contributed by atoms with van der Waals surface area (Å²) in [5, 5.41) is 11.9. The highest BCUT2D eigenvalue weighted by Gasteiger charge is 2.31. The maximum atomic E-state index is 11.0. The standard InChI is InChI=1S/C17H18N4O3/c22-16(23)14-7-13(8-19-14)24-15-5-6-18-17(20-15)21-9-11-3-1-2-4-12(11)10-21/h1-6,13-14,19H,7-10H2,(H,22,23). The first-order valence-corrected chi connectivity index (χ1v) is 7.96. The quantitative estimate of drug-likeness (QED) is 0.872. The van der Waals surface area contributed by atoms with Gasteiger partial charge in [0.2, 0.25) is 11.8 Å². The van der Waals surface area contributed by atoms with Crippen LogP contribution in [0.1, 0.15) is 17.5 Å². The summed E-state index contributed by atoms with van der Waals surface area (Å²) < 4.78 is 5.83. The monoisotopic (exact) mass is 326 g/mol. The van der Waals surface area contributed by atoms with Crippen LogP contribution >= 0.6 is 0 Å². The van der Waals surface area contributed by atoms with E-state index in [-0.39, 0.29) is 6.10 Å². The molecule has 4 rings (SSSR count). The van der Waals surface area contributed by atoms with Gasteiger partial charge in [-0.2, -0.15) is 4.98 Å². The van der Waals surface area contributed by atoms with Gasteiger partial charge in [0, 0.05) is 38.3 Å². The fourth-order valence-electron chi connectivity index (χ4n) is 3.18. The maximum absolute atomic E-state index is 11.0. The van der Waals surface area contributed by atoms with E-state index in [0.717, 1.165) is 13.1 Å². The van der Waals surface area contributed by atoms with Gasteiger partial charge in [0.25, 0.3) is 0 Å². The van der Waals surface area contributed by atoms with Crippen LogP contribution in [0.25, 0.3) is 0 Å². The number of rotatable bonds is 4. The van der Waals surface area contributed by atoms with Gasteiger partial charge in [0.15, 0.2) is 0 Å². The largest absolute Gasteiger partial charge is 0.480 e. The number of nitrogens with zero attached hydrogens (tertiary/aromatic N) is 3. The van der Waals surface area contributed by atoms with Gasteiger partial charge >= 0.3 is 5.97 Å². The third kappa shape index (κ3) is 2.90. The number of anilines is 1. The summed E-state index contributed by atoms with van der Waals surface area (Å²) in [6, 6.07) is 9.46. The summed E-state index contributed by atoms with van der Waals surface area (Å²) in [4.78, 5) is 21.9. The molecular weight excluding hydrogens is 308 g/mol. The molecule has 0 aliphatic carbocycles. The molecule has 7 heteroatoms. The number of nitrogens with one attached hydrogen (secondary N) is 1. The molecule has 1 aromatic carbocycles. The summed E-state index contributed by atoms with van der Waals surface area (Å²) >= 11 is 0. The molecule has 2 aliphatic rings. The maximum Gasteiger partial charge on any atom is 0.320 e. The zero-order chi connectivity index (χ0) is 16.5. The molecule has 0 saturated carbocycles. The number of carboxylic acids is 1. The van der Waals surface area contributed by atoms with E-state index < -0.39 is 12.0 Å². The second kappa shape index (κ2) is 6.09. The van der Waals surface area contributed by atoms with E-state index in [9.17, 15) is 4.79 Å². The molecule has 0 bridgehead atoms. The van der Waals surface area contributed by atoms with Crippen LogP contribution in [-0.4, -0.2) is 39.7 Å². The van der Waals surface area contributed by atoms with Gasteiger partial charge in [-0.15, -0.1) is 0 Å². The molecule has 2 N–H and O–H groups in total. The summed E-state index contributed by atoms with van der Waals surface area (Å²) in [6.45, 7) is 2.07. The van der Waals surface area contributed by atoms with Crippen LogP contribution < -0.4 is 15.0 Å². The van der Waals surface area contributed by atoms with Crippen LogP contribution in [0.5, 0.6) is 5.88 Å². The zero-order valence-corrected chi connectivity index (χ0v) is 13.1. The second-order valence-electron chi connectivity index (χ2n) is 6.09. The van der Waals surface area contributed by atoms with Crippen molar-refractivity contribution in [3.8, 4) is 5.88 Å². The Morgan fingerprint density at radius 2 is 2.00 bits per heavy atom. The topological polar surface area (TPSA) is 87.6 Å². The Kier molecular flexibility index (Phi) is 3.78. The lowest BCUT2D eigenvalue weighted by molar-refractivity contribution is -0.139. The summed E-state index contributed by atoms with van der Waals surface area (Å²) in [5.74, 6) is 0.262. The SMILES string of the molecule is O=C(O)C1CC(Oc2ccnc(N3Cc4ccccc4C3)n2)CN1. The van der Waals surface area contributed by atoms with Gasteiger partial charge in [-0.05, 0) is 11.1 Å². The normalized spacial score (nSPS) is 22.4. The predicted octanol–water partition coefficient (Wildman–Crippen LogP) is 1.19. The second-order valence-corrected chi connectivity index (χ2v) is 6.09. The van der Waals surface area contributed by atoms with Gasteiger partial charge in [-0.1, -0.05) is 24.3 Å². The van der Waals surface area contributed by atoms with Crippen molar-refractivity contribution < 1.29 is 14.6 Å². The van der Waals surface area contributed by atoms with Crippen LogP contribution in [0.15, 0.2) is 36.5 Å². The Bertz CT molecular complexity index is 742. The third-order valence-corrected chi connectivity index (χ3v) is 4.42. The first-order valence-electron chi connectivity index (χ1n) is 7.96. The number of carboxylic acid groups (broad SMARTS) is 1. The molecule has 1 fully saturated rings. The number of hydrogen-bond acceptors (Lipinski definition) is 6. The van der Waals surface area contributed by atoms with Gasteiger partial charge in [-0.3, -0.25) is 4.79 Å². The highest BCUT2D eigenvalue weighted by molar-refractivity contribution is 5.73. The molecule has 3 heterocycles. The lowest BCUT2D eigenvalue weighted by Gasteiger charge is -2.17. The van der Waals surface area contributed by atoms with Crippen LogP contribution in [-0.2, 0) is 17.9 Å². The van der Waals surface area contributed by atoms with Crippen molar-refractivity contribution in [2.24, 2.45) is 0 Å². The number of carbonyl (C=O) groups is 1. The van der Waals surface area contributed by atoms with Crippen molar-refractivity contribution in [2.45, 2.75) is 31.7 Å². The minimum absolute atomic E-state index is 0.190. The summed E-state index contributed by atoms with van der Waals surface area (Å²) in [6.07, 6.45) is 1.92. The van der Waals surface area contributed by atoms with Crippen molar-refractivity contribution in [1.82, 2.24) is 15.3 Å². The number of aromatic nitrogens is 2. The van der Waals surface area contributed by atoms with E-state index in [0.29, 0.717) is 24.8 Å². The molecule has 0 radical (unpaired) electrons. The van der Waals surface area contributed by atoms with Crippen molar-refractivity contribution in [2.75, 3.05) is 11.4 Å². The number of hydrogen-bond donors (Lipinski definition) is 2. The molecule has 1 saturated heterocycles. The average Bonchev–Trinajstić information content (AvgIpc) is 3.21. The fraction of sp³-hybridized carbons (Fsp3) is 0.353. The molecule has 2 aromatic rings. The molecule has 0 amide bonds. The Balaban J connectivity index is 1.44. The van der Waals surface area contributed by atoms with E-state index in [1.807, 2.05) is 12.1 Å². The summed E-state index contributed by atoms with van der Waals surface area (Å²) in [5.41, 5.74) is 2.58. The Morgan fingerprint density at radius 3 is 2.67 bits per heavy atom. The van der Waals surface area contributed by atoms with Gasteiger partial charge < -0.3 is 20.1 Å². The van der Waals surface area contributed by atoms with Crippen LogP contribution in [0, 0.1) is 0 Å². The molecule has 2 unspecified atom stereocenters. The Hall–Kier alpha value is -2.67. The van der Waals surface area contributed by atoms with E-state index in [1.165, 1.54) is 11.1 Å². The highest BCUT2D eigenvalue weighted by Crippen LogP contribution is 2.26. The van der Waals surface area contributed by atoms with E-state index in [4.69, 9.17) is 9.84 Å². The van der Waals surface area contributed by atoms with Crippen LogP contribution in [0.3, 0.4) is 0 Å². The number of benzene rings is 1. The van der Waals surface area contributed by atoms with E-state index in [1.54, 1.807) is 12.3 Å². The van der Waals surface area contributed by atoms with Gasteiger partial charge in [-0.25, -0.2) is 4.98 Å². The third-order valence-electron chi connectivity index (χ3n) is 4.42. The lowest BCUT2D eigenvalue weighted by Crippen LogP contribution is -2.30. The zero-order valence-electron chi connectivity index (χ0n) is 13.1. The molecule has 1 aromatic heterocycles. The Labute approximate surface area is 139 Å². The van der Waals surface area contributed by atoms with Crippen molar-refractivity contribution in [1.29, 1.82) is 0 Å². The molecule has 24 heavy (non-hydrogen) atoms. The van der Waals surface area contributed by atoms with Crippen LogP contribution in [0.4, 0.5) is 5.95 Å². The van der Waals surface area contributed by atoms with E-state index >= 15 is 0 Å². The first kappa shape index (κ1) is 14.9. The first-order chi connectivity index (χ1) is 11.7. The molecule has 2 aliphatic heterocycles. The molecule has 7 nitrogen and oxygen atoms in total. The number of fused-ring (bicyclic) bond motifs is 1. The predicted molar refractivity (Wildman–Crippen MR) is 86.8 cm³/mol. The number of ether oxygens (including phenoxy) is 1. The molecule has 2 atom stereocenters. The van der Waals surface area contributed by atoms with Crippen molar-refractivity contribution >= 4 is 11.9 Å². The molecular formula is C17H18N4O3. The number of aliphatic carboxylic acids is 1. The minimum atomic E-state index is -0.848. The van der Waals surface area contributed by atoms with Crippen molar-refractivity contribution in [3.63, 3.8) is 0 Å². The highest BCUT2D eigenvalue weighted by atomic mass is 16.5. The Morgan fingerprint density at radius 1 is 1.25 bits per heavy atom. The minimum Gasteiger partial charge on any atom is -0.480 e.